The lowest BCUT2D eigenvalue weighted by molar-refractivity contribution is 0.0775. The zero-order valence-corrected chi connectivity index (χ0v) is 21.6. The van der Waals surface area contributed by atoms with Crippen molar-refractivity contribution in [1.29, 1.82) is 0 Å². The molecule has 1 heterocycles. The van der Waals surface area contributed by atoms with Crippen molar-refractivity contribution in [3.05, 3.63) is 90.3 Å². The number of carbonyl (C=O) groups is 1. The van der Waals surface area contributed by atoms with E-state index in [0.717, 1.165) is 5.56 Å². The van der Waals surface area contributed by atoms with Gasteiger partial charge in [0.05, 0.1) is 29.7 Å². The molecule has 1 aromatic heterocycles. The van der Waals surface area contributed by atoms with Crippen LogP contribution in [0.25, 0.3) is 0 Å². The quantitative estimate of drug-likeness (QED) is 0.387. The highest BCUT2D eigenvalue weighted by molar-refractivity contribution is 7.89. The number of carbonyl (C=O) groups excluding carboxylic acids is 1. The Hall–Kier alpha value is -3.27. The number of nitrogens with one attached hydrogen (secondary N) is 1. The SMILES string of the molecule is COc1ccc(S(=O)(=O)N(CC(C)C)C[C@@H](O)[C@H](Cc2ccccc2)NC(=O)c2cccnc2)cc1. The minimum atomic E-state index is -3.91. The summed E-state index contributed by atoms with van der Waals surface area (Å²) in [6.45, 7) is 3.85. The molecule has 36 heavy (non-hydrogen) atoms. The number of aromatic nitrogens is 1. The highest BCUT2D eigenvalue weighted by Gasteiger charge is 2.31. The highest BCUT2D eigenvalue weighted by Crippen LogP contribution is 2.22. The predicted octanol–water partition coefficient (Wildman–Crippen LogP) is 3.14. The maximum Gasteiger partial charge on any atom is 0.253 e. The molecule has 192 valence electrons. The van der Waals surface area contributed by atoms with Crippen LogP contribution in [0.4, 0.5) is 0 Å². The van der Waals surface area contributed by atoms with Crippen LogP contribution in [0.1, 0.15) is 29.8 Å². The number of amides is 1. The summed E-state index contributed by atoms with van der Waals surface area (Å²) in [5.41, 5.74) is 1.26. The second-order valence-corrected chi connectivity index (χ2v) is 10.9. The van der Waals surface area contributed by atoms with Gasteiger partial charge in [-0.25, -0.2) is 8.42 Å². The first kappa shape index (κ1) is 27.3. The van der Waals surface area contributed by atoms with Crippen molar-refractivity contribution >= 4 is 15.9 Å². The number of rotatable bonds is 12. The van der Waals surface area contributed by atoms with E-state index in [-0.39, 0.29) is 23.9 Å². The van der Waals surface area contributed by atoms with Crippen LogP contribution in [0.5, 0.6) is 5.75 Å². The van der Waals surface area contributed by atoms with Gasteiger partial charge < -0.3 is 15.2 Å². The first-order valence-corrected chi connectivity index (χ1v) is 13.2. The number of nitrogens with zero attached hydrogens (tertiary/aromatic N) is 2. The van der Waals surface area contributed by atoms with E-state index in [4.69, 9.17) is 4.74 Å². The summed E-state index contributed by atoms with van der Waals surface area (Å²) in [6, 6.07) is 18.1. The predicted molar refractivity (Wildman–Crippen MR) is 138 cm³/mol. The summed E-state index contributed by atoms with van der Waals surface area (Å²) in [4.78, 5) is 17.0. The van der Waals surface area contributed by atoms with Crippen LogP contribution in [0.3, 0.4) is 0 Å². The van der Waals surface area contributed by atoms with Gasteiger partial charge in [-0.15, -0.1) is 0 Å². The number of benzene rings is 2. The molecule has 0 bridgehead atoms. The van der Waals surface area contributed by atoms with Crippen molar-refractivity contribution < 1.29 is 23.1 Å². The Labute approximate surface area is 213 Å². The molecule has 0 spiro atoms. The summed E-state index contributed by atoms with van der Waals surface area (Å²) in [5.74, 6) is 0.171. The van der Waals surface area contributed by atoms with Crippen LogP contribution in [0.15, 0.2) is 84.0 Å². The molecular formula is C27H33N3O5S. The molecule has 1 amide bonds. The maximum absolute atomic E-state index is 13.5. The van der Waals surface area contributed by atoms with E-state index in [0.29, 0.717) is 17.7 Å². The molecule has 0 radical (unpaired) electrons. The standard InChI is InChI=1S/C27H33N3O5S/c1-20(2)18-30(36(33,34)24-13-11-23(35-3)12-14-24)19-26(31)25(16-21-8-5-4-6-9-21)29-27(32)22-10-7-15-28-17-22/h4-15,17,20,25-26,31H,16,18-19H2,1-3H3,(H,29,32)/t25-,26+/m0/s1. The fourth-order valence-electron chi connectivity index (χ4n) is 3.81. The van der Waals surface area contributed by atoms with Gasteiger partial charge in [0.15, 0.2) is 0 Å². The van der Waals surface area contributed by atoms with Crippen molar-refractivity contribution in [2.45, 2.75) is 37.3 Å². The van der Waals surface area contributed by atoms with Crippen LogP contribution in [-0.4, -0.2) is 61.1 Å². The Bertz CT molecular complexity index is 1200. The third kappa shape index (κ3) is 7.36. The molecule has 0 aliphatic heterocycles. The number of methoxy groups -OCH3 is 1. The molecule has 0 aliphatic carbocycles. The molecule has 0 aliphatic rings. The van der Waals surface area contributed by atoms with Gasteiger partial charge in [0, 0.05) is 25.5 Å². The van der Waals surface area contributed by atoms with Crippen LogP contribution in [0, 0.1) is 5.92 Å². The largest absolute Gasteiger partial charge is 0.497 e. The molecule has 0 saturated carbocycles. The number of ether oxygens (including phenoxy) is 1. The summed E-state index contributed by atoms with van der Waals surface area (Å²) >= 11 is 0. The maximum atomic E-state index is 13.5. The smallest absolute Gasteiger partial charge is 0.253 e. The van der Waals surface area contributed by atoms with Gasteiger partial charge in [-0.3, -0.25) is 9.78 Å². The Kier molecular flexibility index (Phi) is 9.58. The molecule has 3 aromatic rings. The van der Waals surface area contributed by atoms with Gasteiger partial charge >= 0.3 is 0 Å². The highest BCUT2D eigenvalue weighted by atomic mass is 32.2. The van der Waals surface area contributed by atoms with E-state index in [2.05, 4.69) is 10.3 Å². The van der Waals surface area contributed by atoms with Gasteiger partial charge in [0.1, 0.15) is 5.75 Å². The topological polar surface area (TPSA) is 109 Å². The molecule has 2 aromatic carbocycles. The number of aliphatic hydroxyl groups is 1. The molecule has 3 rings (SSSR count). The van der Waals surface area contributed by atoms with E-state index < -0.39 is 28.1 Å². The summed E-state index contributed by atoms with van der Waals surface area (Å²) in [6.07, 6.45) is 2.17. The van der Waals surface area contributed by atoms with Crippen molar-refractivity contribution in [1.82, 2.24) is 14.6 Å². The van der Waals surface area contributed by atoms with Gasteiger partial charge in [-0.1, -0.05) is 44.2 Å². The third-order valence-corrected chi connectivity index (χ3v) is 7.51. The first-order chi connectivity index (χ1) is 17.2. The van der Waals surface area contributed by atoms with Crippen molar-refractivity contribution in [2.75, 3.05) is 20.2 Å². The molecule has 2 atom stereocenters. The minimum Gasteiger partial charge on any atom is -0.497 e. The van der Waals surface area contributed by atoms with Gasteiger partial charge in [0.2, 0.25) is 10.0 Å². The molecule has 9 heteroatoms. The van der Waals surface area contributed by atoms with Crippen molar-refractivity contribution in [3.63, 3.8) is 0 Å². The van der Waals surface area contributed by atoms with E-state index in [1.165, 1.54) is 29.7 Å². The average Bonchev–Trinajstić information content (AvgIpc) is 2.88. The number of pyridine rings is 1. The first-order valence-electron chi connectivity index (χ1n) is 11.8. The van der Waals surface area contributed by atoms with Gasteiger partial charge in [-0.2, -0.15) is 4.31 Å². The normalized spacial score (nSPS) is 13.4. The summed E-state index contributed by atoms with van der Waals surface area (Å²) < 4.78 is 33.4. The zero-order valence-electron chi connectivity index (χ0n) is 20.7. The van der Waals surface area contributed by atoms with Crippen molar-refractivity contribution in [2.24, 2.45) is 5.92 Å². The molecular weight excluding hydrogens is 478 g/mol. The average molecular weight is 512 g/mol. The van der Waals surface area contributed by atoms with E-state index in [1.54, 1.807) is 30.5 Å². The zero-order chi connectivity index (χ0) is 26.1. The Morgan fingerprint density at radius 1 is 1.03 bits per heavy atom. The lowest BCUT2D eigenvalue weighted by atomic mass is 10.0. The number of hydrogen-bond acceptors (Lipinski definition) is 6. The van der Waals surface area contributed by atoms with E-state index in [9.17, 15) is 18.3 Å². The van der Waals surface area contributed by atoms with Crippen LogP contribution >= 0.6 is 0 Å². The van der Waals surface area contributed by atoms with Crippen LogP contribution < -0.4 is 10.1 Å². The third-order valence-electron chi connectivity index (χ3n) is 5.66. The summed E-state index contributed by atoms with van der Waals surface area (Å²) in [7, 11) is -2.40. The minimum absolute atomic E-state index is 0.0165. The fourth-order valence-corrected chi connectivity index (χ4v) is 5.43. The monoisotopic (exact) mass is 511 g/mol. The van der Waals surface area contributed by atoms with E-state index in [1.807, 2.05) is 44.2 Å². The van der Waals surface area contributed by atoms with Crippen molar-refractivity contribution in [3.8, 4) is 5.75 Å². The summed E-state index contributed by atoms with van der Waals surface area (Å²) in [5, 5.41) is 14.2. The lowest BCUT2D eigenvalue weighted by Gasteiger charge is -2.30. The Morgan fingerprint density at radius 2 is 1.72 bits per heavy atom. The van der Waals surface area contributed by atoms with E-state index >= 15 is 0 Å². The second kappa shape index (κ2) is 12.6. The molecule has 0 fully saturated rings. The number of hydrogen-bond donors (Lipinski definition) is 2. The number of sulfonamides is 1. The molecule has 2 N–H and O–H groups in total. The fraction of sp³-hybridized carbons (Fsp3) is 0.333. The Morgan fingerprint density at radius 3 is 2.31 bits per heavy atom. The second-order valence-electron chi connectivity index (χ2n) is 8.97. The van der Waals surface area contributed by atoms with Gasteiger partial charge in [-0.05, 0) is 54.3 Å². The van der Waals surface area contributed by atoms with Crippen LogP contribution in [0.2, 0.25) is 0 Å². The van der Waals surface area contributed by atoms with Gasteiger partial charge in [0.25, 0.3) is 5.91 Å². The lowest BCUT2D eigenvalue weighted by Crippen LogP contribution is -2.51. The molecule has 0 saturated heterocycles. The molecule has 0 unspecified atom stereocenters. The molecule has 8 nitrogen and oxygen atoms in total. The number of aliphatic hydroxyl groups excluding tert-OH is 1. The van der Waals surface area contributed by atoms with Crippen LogP contribution in [-0.2, 0) is 16.4 Å². The Balaban J connectivity index is 1.87.